The average molecular weight is 693 g/mol. The Morgan fingerprint density at radius 2 is 0.900 bits per heavy atom. The van der Waals surface area contributed by atoms with Gasteiger partial charge < -0.3 is 14.2 Å². The van der Waals surface area contributed by atoms with E-state index in [0.29, 0.717) is 19.4 Å². The fourth-order valence-corrected chi connectivity index (χ4v) is 4.76. The minimum Gasteiger partial charge on any atom is -0.462 e. The molecule has 0 aromatic rings. The van der Waals surface area contributed by atoms with Crippen LogP contribution in [0.2, 0.25) is 0 Å². The van der Waals surface area contributed by atoms with Crippen LogP contribution in [0.25, 0.3) is 0 Å². The van der Waals surface area contributed by atoms with E-state index in [1.165, 1.54) is 12.8 Å². The average Bonchev–Trinajstić information content (AvgIpc) is 3.11. The Bertz CT molecular complexity index is 1010. The molecule has 0 saturated carbocycles. The number of hydrogen-bond acceptors (Lipinski definition) is 5. The van der Waals surface area contributed by atoms with E-state index >= 15 is 0 Å². The summed E-state index contributed by atoms with van der Waals surface area (Å²) in [5.74, 6) is -0.497. The van der Waals surface area contributed by atoms with Crippen molar-refractivity contribution in [2.45, 2.75) is 155 Å². The fraction of sp³-hybridized carbons (Fsp3) is 0.600. The monoisotopic (exact) mass is 693 g/mol. The summed E-state index contributed by atoms with van der Waals surface area (Å²) in [4.78, 5) is 24.9. The van der Waals surface area contributed by atoms with E-state index in [0.717, 1.165) is 103 Å². The first-order chi connectivity index (χ1) is 24.6. The quantitative estimate of drug-likeness (QED) is 0.0382. The highest BCUT2D eigenvalue weighted by molar-refractivity contribution is 5.70. The molecule has 0 N–H and O–H groups in total. The molecule has 0 rings (SSSR count). The van der Waals surface area contributed by atoms with Gasteiger partial charge in [0.05, 0.1) is 13.2 Å². The summed E-state index contributed by atoms with van der Waals surface area (Å²) in [6.07, 6.45) is 53.1. The van der Waals surface area contributed by atoms with Crippen LogP contribution in [0.5, 0.6) is 0 Å². The SMILES string of the molecule is CC/C=C\C/C=C\C/C=C\C/C=C\C/C=C\CCOCC(COC(=O)CCCCC/C=C\C/C=C\C/C=C\CC)OC(=O)CCCCCCC. The number of carbonyl (C=O) groups is 2. The Morgan fingerprint density at radius 1 is 0.460 bits per heavy atom. The van der Waals surface area contributed by atoms with Crippen molar-refractivity contribution in [1.29, 1.82) is 0 Å². The van der Waals surface area contributed by atoms with Gasteiger partial charge in [-0.25, -0.2) is 0 Å². The van der Waals surface area contributed by atoms with E-state index in [1.807, 2.05) is 0 Å². The molecule has 0 aliphatic rings. The predicted molar refractivity (Wildman–Crippen MR) is 214 cm³/mol. The van der Waals surface area contributed by atoms with E-state index in [1.54, 1.807) is 0 Å². The predicted octanol–water partition coefficient (Wildman–Crippen LogP) is 12.8. The van der Waals surface area contributed by atoms with Crippen LogP contribution in [-0.2, 0) is 23.8 Å². The van der Waals surface area contributed by atoms with Crippen molar-refractivity contribution < 1.29 is 23.8 Å². The van der Waals surface area contributed by atoms with Gasteiger partial charge in [0.1, 0.15) is 6.61 Å². The van der Waals surface area contributed by atoms with Crippen LogP contribution in [-0.4, -0.2) is 37.9 Å². The zero-order valence-corrected chi connectivity index (χ0v) is 32.1. The molecule has 0 aliphatic heterocycles. The second kappa shape index (κ2) is 40.3. The Kier molecular flexibility index (Phi) is 37.7. The van der Waals surface area contributed by atoms with Gasteiger partial charge in [0.15, 0.2) is 6.10 Å². The third-order valence-electron chi connectivity index (χ3n) is 7.63. The summed E-state index contributed by atoms with van der Waals surface area (Å²) in [5, 5.41) is 0. The zero-order chi connectivity index (χ0) is 36.4. The summed E-state index contributed by atoms with van der Waals surface area (Å²) in [5.41, 5.74) is 0. The standard InChI is InChI=1S/C45H72O5/c1-4-7-10-13-15-17-19-21-22-23-25-27-29-31-34-37-40-48-41-43(50-45(47)39-36-32-12-9-6-3)42-49-44(46)38-35-33-30-28-26-24-20-18-16-14-11-8-5-2/h7-8,10-11,15-18,21-22,24-27,31,34,43H,4-6,9,12-14,19-20,23,28-30,32-33,35-42H2,1-3H3/b10-7-,11-8-,17-15-,18-16-,22-21-,26-24-,27-25-,34-31-. The molecule has 0 radical (unpaired) electrons. The maximum absolute atomic E-state index is 12.5. The second-order valence-electron chi connectivity index (χ2n) is 12.4. The molecule has 0 fully saturated rings. The maximum Gasteiger partial charge on any atom is 0.306 e. The first kappa shape index (κ1) is 46.8. The van der Waals surface area contributed by atoms with Crippen molar-refractivity contribution in [1.82, 2.24) is 0 Å². The van der Waals surface area contributed by atoms with Gasteiger partial charge in [-0.05, 0) is 83.5 Å². The number of ether oxygens (including phenoxy) is 3. The van der Waals surface area contributed by atoms with Gasteiger partial charge in [-0.3, -0.25) is 9.59 Å². The molecule has 0 spiro atoms. The van der Waals surface area contributed by atoms with Gasteiger partial charge in [-0.15, -0.1) is 0 Å². The van der Waals surface area contributed by atoms with Crippen molar-refractivity contribution in [2.75, 3.05) is 19.8 Å². The molecule has 282 valence electrons. The lowest BCUT2D eigenvalue weighted by Crippen LogP contribution is -2.30. The third-order valence-corrected chi connectivity index (χ3v) is 7.63. The van der Waals surface area contributed by atoms with Crippen LogP contribution < -0.4 is 0 Å². The molecule has 0 heterocycles. The topological polar surface area (TPSA) is 61.8 Å². The Labute approximate surface area is 307 Å². The smallest absolute Gasteiger partial charge is 0.306 e. The van der Waals surface area contributed by atoms with Gasteiger partial charge in [0.2, 0.25) is 0 Å². The van der Waals surface area contributed by atoms with E-state index < -0.39 is 6.10 Å². The minimum absolute atomic E-state index is 0.0343. The van der Waals surface area contributed by atoms with Gasteiger partial charge in [-0.1, -0.05) is 150 Å². The number of hydrogen-bond donors (Lipinski definition) is 0. The van der Waals surface area contributed by atoms with E-state index in [9.17, 15) is 9.59 Å². The van der Waals surface area contributed by atoms with Crippen LogP contribution in [0.15, 0.2) is 97.2 Å². The van der Waals surface area contributed by atoms with Gasteiger partial charge in [0.25, 0.3) is 0 Å². The van der Waals surface area contributed by atoms with Crippen LogP contribution in [0, 0.1) is 0 Å². The number of esters is 2. The lowest BCUT2D eigenvalue weighted by atomic mass is 10.1. The van der Waals surface area contributed by atoms with Crippen molar-refractivity contribution in [2.24, 2.45) is 0 Å². The van der Waals surface area contributed by atoms with Crippen molar-refractivity contribution in [3.8, 4) is 0 Å². The number of rotatable bonds is 34. The third kappa shape index (κ3) is 37.6. The zero-order valence-electron chi connectivity index (χ0n) is 32.1. The van der Waals surface area contributed by atoms with Crippen LogP contribution in [0.1, 0.15) is 149 Å². The molecule has 0 aromatic heterocycles. The van der Waals surface area contributed by atoms with E-state index in [2.05, 4.69) is 118 Å². The highest BCUT2D eigenvalue weighted by Gasteiger charge is 2.17. The molecule has 1 atom stereocenters. The first-order valence-corrected chi connectivity index (χ1v) is 19.8. The van der Waals surface area contributed by atoms with Gasteiger partial charge in [-0.2, -0.15) is 0 Å². The number of unbranched alkanes of at least 4 members (excludes halogenated alkanes) is 7. The van der Waals surface area contributed by atoms with Gasteiger partial charge in [0, 0.05) is 12.8 Å². The first-order valence-electron chi connectivity index (χ1n) is 19.8. The Morgan fingerprint density at radius 3 is 1.42 bits per heavy atom. The second-order valence-corrected chi connectivity index (χ2v) is 12.4. The van der Waals surface area contributed by atoms with Crippen molar-refractivity contribution >= 4 is 11.9 Å². The summed E-state index contributed by atoms with van der Waals surface area (Å²) < 4.78 is 17.0. The Hall–Kier alpha value is -3.18. The van der Waals surface area contributed by atoms with Crippen LogP contribution in [0.3, 0.4) is 0 Å². The molecule has 5 nitrogen and oxygen atoms in total. The number of allylic oxidation sites excluding steroid dienone is 15. The van der Waals surface area contributed by atoms with E-state index in [-0.39, 0.29) is 25.2 Å². The number of carbonyl (C=O) groups excluding carboxylic acids is 2. The molecule has 0 saturated heterocycles. The molecule has 1 unspecified atom stereocenters. The molecular weight excluding hydrogens is 620 g/mol. The lowest BCUT2D eigenvalue weighted by molar-refractivity contribution is -0.162. The largest absolute Gasteiger partial charge is 0.462 e. The summed E-state index contributed by atoms with van der Waals surface area (Å²) in [6, 6.07) is 0. The molecule has 0 aliphatic carbocycles. The van der Waals surface area contributed by atoms with Crippen LogP contribution >= 0.6 is 0 Å². The van der Waals surface area contributed by atoms with Crippen molar-refractivity contribution in [3.05, 3.63) is 97.2 Å². The molecule has 0 amide bonds. The minimum atomic E-state index is -0.586. The van der Waals surface area contributed by atoms with Crippen molar-refractivity contribution in [3.63, 3.8) is 0 Å². The normalized spacial score (nSPS) is 13.3. The molecule has 0 bridgehead atoms. The van der Waals surface area contributed by atoms with E-state index in [4.69, 9.17) is 14.2 Å². The van der Waals surface area contributed by atoms with Crippen LogP contribution in [0.4, 0.5) is 0 Å². The Balaban J connectivity index is 4.31. The summed E-state index contributed by atoms with van der Waals surface area (Å²) in [7, 11) is 0. The molecule has 0 aromatic carbocycles. The lowest BCUT2D eigenvalue weighted by Gasteiger charge is -2.18. The van der Waals surface area contributed by atoms with Gasteiger partial charge >= 0.3 is 11.9 Å². The molecule has 5 heteroatoms. The summed E-state index contributed by atoms with van der Waals surface area (Å²) in [6.45, 7) is 7.24. The molecule has 50 heavy (non-hydrogen) atoms. The summed E-state index contributed by atoms with van der Waals surface area (Å²) >= 11 is 0. The highest BCUT2D eigenvalue weighted by Crippen LogP contribution is 2.09. The fourth-order valence-electron chi connectivity index (χ4n) is 4.76. The maximum atomic E-state index is 12.5. The highest BCUT2D eigenvalue weighted by atomic mass is 16.6. The molecular formula is C45H72O5.